The van der Waals surface area contributed by atoms with Crippen LogP contribution in [0.3, 0.4) is 0 Å². The fraction of sp³-hybridized carbons (Fsp3) is 0.538. The summed E-state index contributed by atoms with van der Waals surface area (Å²) in [5, 5.41) is 0. The molecule has 3 atom stereocenters. The molecule has 0 aromatic heterocycles. The van der Waals surface area contributed by atoms with Crippen molar-refractivity contribution in [2.45, 2.75) is 18.4 Å². The van der Waals surface area contributed by atoms with E-state index in [1.54, 1.807) is 0 Å². The minimum atomic E-state index is 0.237. The Labute approximate surface area is 101 Å². The van der Waals surface area contributed by atoms with E-state index in [4.69, 9.17) is 15.3 Å². The normalized spacial score (nSPS) is 28.8. The molecule has 1 aromatic carbocycles. The van der Waals surface area contributed by atoms with Crippen molar-refractivity contribution in [3.05, 3.63) is 29.8 Å². The summed E-state index contributed by atoms with van der Waals surface area (Å²) in [5.41, 5.74) is 4.23. The van der Waals surface area contributed by atoms with Gasteiger partial charge >= 0.3 is 0 Å². The highest BCUT2D eigenvalue weighted by molar-refractivity contribution is 5.40. The quantitative estimate of drug-likeness (QED) is 0.606. The molecule has 1 fully saturated rings. The van der Waals surface area contributed by atoms with E-state index in [0.717, 1.165) is 25.4 Å². The average molecular weight is 234 g/mol. The number of rotatable bonds is 3. The number of para-hydroxylation sites is 1. The SMILES string of the molecule is NNC(C1CCOC1)C1COc2ccccc21. The predicted molar refractivity (Wildman–Crippen MR) is 64.7 cm³/mol. The lowest BCUT2D eigenvalue weighted by molar-refractivity contribution is 0.168. The van der Waals surface area contributed by atoms with Crippen LogP contribution in [0.1, 0.15) is 17.9 Å². The lowest BCUT2D eigenvalue weighted by atomic mass is 9.85. The molecular weight excluding hydrogens is 216 g/mol. The monoisotopic (exact) mass is 234 g/mol. The van der Waals surface area contributed by atoms with Gasteiger partial charge in [0.2, 0.25) is 0 Å². The molecule has 4 heteroatoms. The fourth-order valence-electron chi connectivity index (χ4n) is 2.90. The van der Waals surface area contributed by atoms with E-state index >= 15 is 0 Å². The summed E-state index contributed by atoms with van der Waals surface area (Å²) in [6, 6.07) is 8.45. The fourth-order valence-corrected chi connectivity index (χ4v) is 2.90. The van der Waals surface area contributed by atoms with Crippen LogP contribution in [0.25, 0.3) is 0 Å². The van der Waals surface area contributed by atoms with Gasteiger partial charge in [0.1, 0.15) is 5.75 Å². The molecule has 92 valence electrons. The lowest BCUT2D eigenvalue weighted by Gasteiger charge is -2.26. The first-order valence-corrected chi connectivity index (χ1v) is 6.15. The van der Waals surface area contributed by atoms with E-state index in [0.29, 0.717) is 18.4 Å². The van der Waals surface area contributed by atoms with Gasteiger partial charge in [-0.15, -0.1) is 0 Å². The van der Waals surface area contributed by atoms with Crippen LogP contribution in [-0.2, 0) is 4.74 Å². The Morgan fingerprint density at radius 1 is 1.29 bits per heavy atom. The summed E-state index contributed by atoms with van der Waals surface area (Å²) >= 11 is 0. The lowest BCUT2D eigenvalue weighted by Crippen LogP contribution is -2.46. The van der Waals surface area contributed by atoms with E-state index in [1.165, 1.54) is 5.56 Å². The zero-order valence-corrected chi connectivity index (χ0v) is 9.76. The van der Waals surface area contributed by atoms with Crippen molar-refractivity contribution in [2.75, 3.05) is 19.8 Å². The molecule has 2 heterocycles. The highest BCUT2D eigenvalue weighted by Gasteiger charge is 2.36. The smallest absolute Gasteiger partial charge is 0.122 e. The number of fused-ring (bicyclic) bond motifs is 1. The molecule has 2 aliphatic heterocycles. The third kappa shape index (κ3) is 1.92. The summed E-state index contributed by atoms with van der Waals surface area (Å²) < 4.78 is 11.2. The average Bonchev–Trinajstić information content (AvgIpc) is 3.01. The minimum absolute atomic E-state index is 0.237. The molecule has 0 aliphatic carbocycles. The van der Waals surface area contributed by atoms with E-state index in [9.17, 15) is 0 Å². The van der Waals surface area contributed by atoms with Crippen LogP contribution < -0.4 is 16.0 Å². The molecular formula is C13H18N2O2. The minimum Gasteiger partial charge on any atom is -0.493 e. The van der Waals surface area contributed by atoms with Gasteiger partial charge in [-0.2, -0.15) is 0 Å². The molecule has 3 N–H and O–H groups in total. The van der Waals surface area contributed by atoms with Crippen LogP contribution >= 0.6 is 0 Å². The number of nitrogens with one attached hydrogen (secondary N) is 1. The van der Waals surface area contributed by atoms with Gasteiger partial charge in [-0.1, -0.05) is 18.2 Å². The van der Waals surface area contributed by atoms with Gasteiger partial charge in [-0.25, -0.2) is 0 Å². The first-order chi connectivity index (χ1) is 8.40. The van der Waals surface area contributed by atoms with E-state index in [2.05, 4.69) is 17.6 Å². The number of benzene rings is 1. The van der Waals surface area contributed by atoms with E-state index < -0.39 is 0 Å². The number of hydrogen-bond acceptors (Lipinski definition) is 4. The zero-order chi connectivity index (χ0) is 11.7. The maximum absolute atomic E-state index is 5.73. The van der Waals surface area contributed by atoms with Gasteiger partial charge in [-0.3, -0.25) is 11.3 Å². The molecule has 0 radical (unpaired) electrons. The number of hydrazine groups is 1. The molecule has 3 unspecified atom stereocenters. The third-order valence-electron chi connectivity index (χ3n) is 3.84. The van der Waals surface area contributed by atoms with Gasteiger partial charge in [0.05, 0.1) is 13.2 Å². The van der Waals surface area contributed by atoms with Crippen molar-refractivity contribution < 1.29 is 9.47 Å². The number of nitrogens with two attached hydrogens (primary N) is 1. The highest BCUT2D eigenvalue weighted by Crippen LogP contribution is 2.38. The van der Waals surface area contributed by atoms with Crippen LogP contribution in [0, 0.1) is 5.92 Å². The molecule has 1 saturated heterocycles. The van der Waals surface area contributed by atoms with Crippen molar-refractivity contribution >= 4 is 0 Å². The van der Waals surface area contributed by atoms with Gasteiger partial charge in [0, 0.05) is 30.0 Å². The summed E-state index contributed by atoms with van der Waals surface area (Å²) in [6.07, 6.45) is 1.08. The Balaban J connectivity index is 1.84. The Hall–Kier alpha value is -1.10. The summed E-state index contributed by atoms with van der Waals surface area (Å²) in [5.74, 6) is 7.55. The van der Waals surface area contributed by atoms with Crippen molar-refractivity contribution in [1.82, 2.24) is 5.43 Å². The maximum atomic E-state index is 5.73. The number of ether oxygens (including phenoxy) is 2. The topological polar surface area (TPSA) is 56.5 Å². The van der Waals surface area contributed by atoms with Crippen LogP contribution in [0.2, 0.25) is 0 Å². The highest BCUT2D eigenvalue weighted by atomic mass is 16.5. The number of hydrogen-bond donors (Lipinski definition) is 2. The van der Waals surface area contributed by atoms with Crippen LogP contribution in [0.5, 0.6) is 5.75 Å². The summed E-state index contributed by atoms with van der Waals surface area (Å²) in [4.78, 5) is 0. The molecule has 4 nitrogen and oxygen atoms in total. The Kier molecular flexibility index (Phi) is 3.01. The van der Waals surface area contributed by atoms with E-state index in [-0.39, 0.29) is 6.04 Å². The first-order valence-electron chi connectivity index (χ1n) is 6.15. The first kappa shape index (κ1) is 11.0. The molecule has 0 spiro atoms. The van der Waals surface area contributed by atoms with Crippen molar-refractivity contribution in [3.8, 4) is 5.75 Å². The van der Waals surface area contributed by atoms with Crippen molar-refractivity contribution in [3.63, 3.8) is 0 Å². The Bertz CT molecular complexity index is 391. The zero-order valence-electron chi connectivity index (χ0n) is 9.76. The second kappa shape index (κ2) is 4.64. The van der Waals surface area contributed by atoms with Crippen LogP contribution in [0.4, 0.5) is 0 Å². The summed E-state index contributed by atoms with van der Waals surface area (Å²) in [7, 11) is 0. The molecule has 17 heavy (non-hydrogen) atoms. The van der Waals surface area contributed by atoms with Gasteiger partial charge in [0.15, 0.2) is 0 Å². The van der Waals surface area contributed by atoms with Gasteiger partial charge in [0.25, 0.3) is 0 Å². The predicted octanol–water partition coefficient (Wildman–Crippen LogP) is 1.03. The van der Waals surface area contributed by atoms with Crippen molar-refractivity contribution in [2.24, 2.45) is 11.8 Å². The molecule has 0 bridgehead atoms. The molecule has 0 saturated carbocycles. The Morgan fingerprint density at radius 2 is 2.18 bits per heavy atom. The van der Waals surface area contributed by atoms with Gasteiger partial charge < -0.3 is 9.47 Å². The van der Waals surface area contributed by atoms with Crippen LogP contribution in [-0.4, -0.2) is 25.9 Å². The standard InChI is InChI=1S/C13H18N2O2/c14-15-13(9-5-6-16-7-9)11-8-17-12-4-2-1-3-10(11)12/h1-4,9,11,13,15H,5-8,14H2. The second-order valence-electron chi connectivity index (χ2n) is 4.77. The second-order valence-corrected chi connectivity index (χ2v) is 4.77. The van der Waals surface area contributed by atoms with E-state index in [1.807, 2.05) is 12.1 Å². The molecule has 3 rings (SSSR count). The van der Waals surface area contributed by atoms with Crippen molar-refractivity contribution in [1.29, 1.82) is 0 Å². The molecule has 0 amide bonds. The third-order valence-corrected chi connectivity index (χ3v) is 3.84. The molecule has 2 aliphatic rings. The summed E-state index contributed by atoms with van der Waals surface area (Å²) in [6.45, 7) is 2.36. The Morgan fingerprint density at radius 3 is 2.94 bits per heavy atom. The van der Waals surface area contributed by atoms with Crippen LogP contribution in [0.15, 0.2) is 24.3 Å². The largest absolute Gasteiger partial charge is 0.493 e. The van der Waals surface area contributed by atoms with Gasteiger partial charge in [-0.05, 0) is 12.5 Å². The maximum Gasteiger partial charge on any atom is 0.122 e. The molecule has 1 aromatic rings.